The molecule has 0 aliphatic carbocycles. The number of hydrogen-bond acceptors (Lipinski definition) is 6. The maximum atomic E-state index is 11.1. The van der Waals surface area contributed by atoms with Crippen molar-refractivity contribution in [3.05, 3.63) is 53.1 Å². The average molecular weight is 428 g/mol. The van der Waals surface area contributed by atoms with E-state index in [0.29, 0.717) is 5.75 Å². The van der Waals surface area contributed by atoms with E-state index in [1.165, 1.54) is 29.4 Å². The monoisotopic (exact) mass is 427 g/mol. The van der Waals surface area contributed by atoms with Gasteiger partial charge in [-0.25, -0.2) is 4.79 Å². The zero-order valence-electron chi connectivity index (χ0n) is 19.2. The molecule has 31 heavy (non-hydrogen) atoms. The van der Waals surface area contributed by atoms with Gasteiger partial charge in [0.05, 0.1) is 0 Å². The van der Waals surface area contributed by atoms with Crippen molar-refractivity contribution in [3.63, 3.8) is 0 Å². The molecule has 0 fully saturated rings. The Kier molecular flexibility index (Phi) is 8.02. The second kappa shape index (κ2) is 10.3. The summed E-state index contributed by atoms with van der Waals surface area (Å²) < 4.78 is 5.82. The van der Waals surface area contributed by atoms with Crippen LogP contribution in [0.3, 0.4) is 0 Å². The van der Waals surface area contributed by atoms with Crippen molar-refractivity contribution < 1.29 is 19.7 Å². The number of anilines is 1. The van der Waals surface area contributed by atoms with Crippen LogP contribution in [0.4, 0.5) is 5.69 Å². The number of ether oxygens (including phenoxy) is 1. The highest BCUT2D eigenvalue weighted by Gasteiger charge is 2.23. The van der Waals surface area contributed by atoms with E-state index in [0.717, 1.165) is 18.7 Å². The van der Waals surface area contributed by atoms with Crippen LogP contribution in [0.2, 0.25) is 0 Å². The molecule has 2 N–H and O–H groups in total. The molecule has 0 amide bonds. The van der Waals surface area contributed by atoms with Crippen molar-refractivity contribution in [2.45, 2.75) is 46.1 Å². The van der Waals surface area contributed by atoms with Crippen molar-refractivity contribution in [3.8, 4) is 11.5 Å². The molecule has 2 aromatic carbocycles. The maximum absolute atomic E-state index is 11.1. The first-order valence-electron chi connectivity index (χ1n) is 10.5. The molecule has 0 bridgehead atoms. The Bertz CT molecular complexity index is 931. The molecule has 0 saturated heterocycles. The number of aromatic hydroxyl groups is 1. The molecule has 0 aliphatic heterocycles. The van der Waals surface area contributed by atoms with Crippen LogP contribution in [-0.2, 0) is 5.41 Å². The van der Waals surface area contributed by atoms with Gasteiger partial charge >= 0.3 is 5.97 Å². The minimum absolute atomic E-state index is 0.0544. The number of aromatic carboxylic acids is 1. The van der Waals surface area contributed by atoms with E-state index in [1.807, 2.05) is 0 Å². The molecule has 1 atom stereocenters. The second-order valence-corrected chi connectivity index (χ2v) is 8.33. The van der Waals surface area contributed by atoms with Gasteiger partial charge in [-0.15, -0.1) is 0 Å². The smallest absolute Gasteiger partial charge is 0.339 e. The molecule has 7 heteroatoms. The predicted octanol–water partition coefficient (Wildman–Crippen LogP) is 5.44. The van der Waals surface area contributed by atoms with E-state index in [4.69, 9.17) is 9.84 Å². The quantitative estimate of drug-likeness (QED) is 0.520. The van der Waals surface area contributed by atoms with Gasteiger partial charge in [0, 0.05) is 31.9 Å². The first kappa shape index (κ1) is 24.2. The molecular formula is C24H33N3O4. The fourth-order valence-corrected chi connectivity index (χ4v) is 3.49. The molecule has 168 valence electrons. The number of carbonyl (C=O) groups is 1. The fourth-order valence-electron chi connectivity index (χ4n) is 3.49. The standard InChI is InChI=1S/C24H33N3O4/c1-7-27(8-2)21-12-9-16(13-19(21)24(3,4)5)20(26-25-6)15-31-17-10-11-18(23(29)30)22(28)14-17/h9-14,20,28H,7-8,15H2,1-6H3,(H,29,30). The second-order valence-electron chi connectivity index (χ2n) is 8.33. The van der Waals surface area contributed by atoms with E-state index in [2.05, 4.69) is 67.9 Å². The van der Waals surface area contributed by atoms with Crippen molar-refractivity contribution in [2.24, 2.45) is 10.2 Å². The lowest BCUT2D eigenvalue weighted by molar-refractivity contribution is 0.0693. The van der Waals surface area contributed by atoms with Crippen LogP contribution in [0.5, 0.6) is 11.5 Å². The van der Waals surface area contributed by atoms with E-state index < -0.39 is 5.97 Å². The Balaban J connectivity index is 2.34. The third kappa shape index (κ3) is 5.96. The number of carboxylic acid groups (broad SMARTS) is 1. The lowest BCUT2D eigenvalue weighted by Gasteiger charge is -2.31. The minimum Gasteiger partial charge on any atom is -0.507 e. The number of hydrogen-bond donors (Lipinski definition) is 2. The van der Waals surface area contributed by atoms with E-state index in [-0.39, 0.29) is 29.4 Å². The fraction of sp³-hybridized carbons (Fsp3) is 0.458. The lowest BCUT2D eigenvalue weighted by Crippen LogP contribution is -2.26. The SMILES string of the molecule is CCN(CC)c1ccc(C(COc2ccc(C(=O)O)c(O)c2)N=NC)cc1C(C)(C)C. The zero-order valence-corrected chi connectivity index (χ0v) is 19.2. The van der Waals surface area contributed by atoms with Gasteiger partial charge in [-0.1, -0.05) is 32.9 Å². The third-order valence-corrected chi connectivity index (χ3v) is 5.18. The van der Waals surface area contributed by atoms with Gasteiger partial charge < -0.3 is 19.8 Å². The first-order valence-corrected chi connectivity index (χ1v) is 10.5. The summed E-state index contributed by atoms with van der Waals surface area (Å²) >= 11 is 0. The minimum atomic E-state index is -1.19. The van der Waals surface area contributed by atoms with Crippen molar-refractivity contribution in [1.82, 2.24) is 0 Å². The zero-order chi connectivity index (χ0) is 23.2. The average Bonchev–Trinajstić information content (AvgIpc) is 2.71. The molecule has 0 aliphatic rings. The molecule has 0 radical (unpaired) electrons. The normalized spacial score (nSPS) is 12.7. The Morgan fingerprint density at radius 3 is 2.32 bits per heavy atom. The molecule has 0 saturated carbocycles. The largest absolute Gasteiger partial charge is 0.507 e. The number of phenols is 1. The van der Waals surface area contributed by atoms with Gasteiger partial charge in [0.15, 0.2) is 0 Å². The highest BCUT2D eigenvalue weighted by Crippen LogP contribution is 2.35. The molecular weight excluding hydrogens is 394 g/mol. The Labute approximate surface area is 184 Å². The Hall–Kier alpha value is -3.09. The summed E-state index contributed by atoms with van der Waals surface area (Å²) in [5, 5.41) is 27.3. The first-order chi connectivity index (χ1) is 14.6. The molecule has 1 unspecified atom stereocenters. The van der Waals surface area contributed by atoms with Gasteiger partial charge in [0.2, 0.25) is 0 Å². The summed E-state index contributed by atoms with van der Waals surface area (Å²) in [7, 11) is 1.62. The number of benzene rings is 2. The number of nitrogens with zero attached hydrogens (tertiary/aromatic N) is 3. The Morgan fingerprint density at radius 1 is 1.13 bits per heavy atom. The molecule has 0 aromatic heterocycles. The van der Waals surface area contributed by atoms with Crippen LogP contribution in [0, 0.1) is 0 Å². The van der Waals surface area contributed by atoms with Gasteiger partial charge in [-0.3, -0.25) is 0 Å². The van der Waals surface area contributed by atoms with Gasteiger partial charge in [0.25, 0.3) is 0 Å². The topological polar surface area (TPSA) is 94.7 Å². The molecule has 7 nitrogen and oxygen atoms in total. The van der Waals surface area contributed by atoms with Crippen LogP contribution >= 0.6 is 0 Å². The molecule has 0 spiro atoms. The van der Waals surface area contributed by atoms with Crippen LogP contribution in [0.1, 0.15) is 62.1 Å². The summed E-state index contributed by atoms with van der Waals surface area (Å²) in [4.78, 5) is 13.4. The highest BCUT2D eigenvalue weighted by molar-refractivity contribution is 5.90. The van der Waals surface area contributed by atoms with Crippen LogP contribution in [0.25, 0.3) is 0 Å². The Morgan fingerprint density at radius 2 is 1.81 bits per heavy atom. The maximum Gasteiger partial charge on any atom is 0.339 e. The van der Waals surface area contributed by atoms with Gasteiger partial charge in [-0.2, -0.15) is 10.2 Å². The van der Waals surface area contributed by atoms with E-state index >= 15 is 0 Å². The summed E-state index contributed by atoms with van der Waals surface area (Å²) in [6, 6.07) is 10.2. The van der Waals surface area contributed by atoms with Crippen LogP contribution < -0.4 is 9.64 Å². The molecule has 0 heterocycles. The third-order valence-electron chi connectivity index (χ3n) is 5.18. The van der Waals surface area contributed by atoms with Crippen molar-refractivity contribution in [2.75, 3.05) is 31.6 Å². The van der Waals surface area contributed by atoms with Gasteiger partial charge in [-0.05, 0) is 48.6 Å². The van der Waals surface area contributed by atoms with Gasteiger partial charge in [0.1, 0.15) is 29.7 Å². The summed E-state index contributed by atoms with van der Waals surface area (Å²) in [6.45, 7) is 12.9. The number of azo groups is 1. The van der Waals surface area contributed by atoms with Crippen molar-refractivity contribution >= 4 is 11.7 Å². The lowest BCUT2D eigenvalue weighted by atomic mass is 9.83. The summed E-state index contributed by atoms with van der Waals surface area (Å²) in [5.41, 5.74) is 3.20. The molecule has 2 aromatic rings. The number of rotatable bonds is 9. The number of carboxylic acids is 1. The highest BCUT2D eigenvalue weighted by atomic mass is 16.5. The van der Waals surface area contributed by atoms with E-state index in [9.17, 15) is 9.90 Å². The van der Waals surface area contributed by atoms with Crippen LogP contribution in [0.15, 0.2) is 46.6 Å². The summed E-state index contributed by atoms with van der Waals surface area (Å²) in [5.74, 6) is -1.16. The summed E-state index contributed by atoms with van der Waals surface area (Å²) in [6.07, 6.45) is 0. The van der Waals surface area contributed by atoms with Crippen molar-refractivity contribution in [1.29, 1.82) is 0 Å². The van der Waals surface area contributed by atoms with E-state index in [1.54, 1.807) is 7.05 Å². The van der Waals surface area contributed by atoms with Crippen LogP contribution in [-0.4, -0.2) is 42.9 Å². The molecule has 2 rings (SSSR count). The predicted molar refractivity (Wildman–Crippen MR) is 123 cm³/mol.